The Kier molecular flexibility index (Phi) is 7.52. The zero-order valence-electron chi connectivity index (χ0n) is 19.3. The van der Waals surface area contributed by atoms with Crippen molar-refractivity contribution in [3.63, 3.8) is 0 Å². The van der Waals surface area contributed by atoms with E-state index in [2.05, 4.69) is 11.4 Å². The summed E-state index contributed by atoms with van der Waals surface area (Å²) in [5, 5.41) is 2.19. The first-order valence-corrected chi connectivity index (χ1v) is 11.7. The van der Waals surface area contributed by atoms with Crippen molar-refractivity contribution in [1.82, 2.24) is 4.90 Å². The normalized spacial score (nSPS) is 14.3. The van der Waals surface area contributed by atoms with Crippen molar-refractivity contribution >= 4 is 40.6 Å². The SMILES string of the molecule is COc1ccc(NC(=O)CN2C(=O)S/C(=C\c3ccc(OCc4cccc(C)c4)cc3)C2=O)cc1. The van der Waals surface area contributed by atoms with Gasteiger partial charge >= 0.3 is 0 Å². The van der Waals surface area contributed by atoms with Gasteiger partial charge in [-0.25, -0.2) is 0 Å². The van der Waals surface area contributed by atoms with Crippen LogP contribution in [0.15, 0.2) is 77.7 Å². The van der Waals surface area contributed by atoms with E-state index < -0.39 is 17.1 Å². The molecule has 1 aliphatic rings. The lowest BCUT2D eigenvalue weighted by Gasteiger charge is -2.12. The van der Waals surface area contributed by atoms with Crippen LogP contribution in [0.5, 0.6) is 11.5 Å². The minimum atomic E-state index is -0.496. The van der Waals surface area contributed by atoms with Gasteiger partial charge in [0.2, 0.25) is 5.91 Å². The number of methoxy groups -OCH3 is 1. The predicted molar refractivity (Wildman–Crippen MR) is 136 cm³/mol. The van der Waals surface area contributed by atoms with Crippen LogP contribution in [0.2, 0.25) is 0 Å². The van der Waals surface area contributed by atoms with Crippen molar-refractivity contribution in [2.75, 3.05) is 19.0 Å². The summed E-state index contributed by atoms with van der Waals surface area (Å²) < 4.78 is 10.9. The highest BCUT2D eigenvalue weighted by Crippen LogP contribution is 2.32. The molecule has 35 heavy (non-hydrogen) atoms. The minimum Gasteiger partial charge on any atom is -0.497 e. The number of benzene rings is 3. The van der Waals surface area contributed by atoms with Crippen molar-refractivity contribution in [2.24, 2.45) is 0 Å². The molecule has 0 saturated carbocycles. The molecule has 4 rings (SSSR count). The van der Waals surface area contributed by atoms with Crippen LogP contribution < -0.4 is 14.8 Å². The molecule has 0 radical (unpaired) electrons. The van der Waals surface area contributed by atoms with Crippen LogP contribution in [0.1, 0.15) is 16.7 Å². The molecule has 3 aromatic carbocycles. The molecule has 1 N–H and O–H groups in total. The number of imide groups is 1. The number of aryl methyl sites for hydroxylation is 1. The molecule has 8 heteroatoms. The van der Waals surface area contributed by atoms with E-state index in [9.17, 15) is 14.4 Å². The molecule has 1 aliphatic heterocycles. The lowest BCUT2D eigenvalue weighted by atomic mass is 10.1. The molecule has 0 aromatic heterocycles. The summed E-state index contributed by atoms with van der Waals surface area (Å²) in [6, 6.07) is 22.1. The monoisotopic (exact) mass is 488 g/mol. The Morgan fingerprint density at radius 1 is 1.00 bits per heavy atom. The van der Waals surface area contributed by atoms with Crippen LogP contribution in [0.25, 0.3) is 6.08 Å². The number of hydrogen-bond acceptors (Lipinski definition) is 6. The maximum Gasteiger partial charge on any atom is 0.294 e. The van der Waals surface area contributed by atoms with Gasteiger partial charge in [0.15, 0.2) is 0 Å². The summed E-state index contributed by atoms with van der Waals surface area (Å²) in [6.07, 6.45) is 1.64. The summed E-state index contributed by atoms with van der Waals surface area (Å²) >= 11 is 0.814. The number of nitrogens with one attached hydrogen (secondary N) is 1. The first-order valence-electron chi connectivity index (χ1n) is 10.9. The van der Waals surface area contributed by atoms with E-state index in [4.69, 9.17) is 9.47 Å². The second-order valence-corrected chi connectivity index (χ2v) is 8.88. The summed E-state index contributed by atoms with van der Waals surface area (Å²) in [4.78, 5) is 38.7. The summed E-state index contributed by atoms with van der Waals surface area (Å²) in [5.41, 5.74) is 3.55. The van der Waals surface area contributed by atoms with E-state index in [-0.39, 0.29) is 11.4 Å². The maximum absolute atomic E-state index is 12.7. The average Bonchev–Trinajstić information content (AvgIpc) is 3.11. The van der Waals surface area contributed by atoms with Gasteiger partial charge in [0.1, 0.15) is 24.7 Å². The lowest BCUT2D eigenvalue weighted by Crippen LogP contribution is -2.36. The Morgan fingerprint density at radius 2 is 1.71 bits per heavy atom. The third-order valence-corrected chi connectivity index (χ3v) is 6.12. The highest BCUT2D eigenvalue weighted by Gasteiger charge is 2.36. The molecular formula is C27H24N2O5S. The Labute approximate surface area is 207 Å². The summed E-state index contributed by atoms with van der Waals surface area (Å²) in [7, 11) is 1.55. The fraction of sp³-hybridized carbons (Fsp3) is 0.148. The average molecular weight is 489 g/mol. The fourth-order valence-electron chi connectivity index (χ4n) is 3.44. The van der Waals surface area contributed by atoms with Crippen molar-refractivity contribution < 1.29 is 23.9 Å². The van der Waals surface area contributed by atoms with Crippen LogP contribution in [0.3, 0.4) is 0 Å². The van der Waals surface area contributed by atoms with E-state index in [0.717, 1.165) is 27.8 Å². The Morgan fingerprint density at radius 3 is 2.40 bits per heavy atom. The lowest BCUT2D eigenvalue weighted by molar-refractivity contribution is -0.127. The number of amides is 3. The highest BCUT2D eigenvalue weighted by molar-refractivity contribution is 8.18. The van der Waals surface area contributed by atoms with E-state index in [1.54, 1.807) is 37.5 Å². The van der Waals surface area contributed by atoms with Gasteiger partial charge < -0.3 is 14.8 Å². The molecule has 0 atom stereocenters. The molecule has 178 valence electrons. The van der Waals surface area contributed by atoms with Crippen LogP contribution >= 0.6 is 11.8 Å². The predicted octanol–water partition coefficient (Wildman–Crippen LogP) is 5.26. The second kappa shape index (κ2) is 10.9. The number of ether oxygens (including phenoxy) is 2. The standard InChI is InChI=1S/C27H24N2O5S/c1-18-4-3-5-20(14-18)17-34-23-10-6-19(7-11-23)15-24-26(31)29(27(32)35-24)16-25(30)28-21-8-12-22(33-2)13-9-21/h3-15H,16-17H2,1-2H3,(H,28,30)/b24-15-. The summed E-state index contributed by atoms with van der Waals surface area (Å²) in [5.74, 6) is 0.399. The molecule has 3 aromatic rings. The molecule has 0 bridgehead atoms. The third kappa shape index (κ3) is 6.30. The maximum atomic E-state index is 12.7. The van der Waals surface area contributed by atoms with E-state index >= 15 is 0 Å². The first kappa shape index (κ1) is 24.1. The largest absolute Gasteiger partial charge is 0.497 e. The van der Waals surface area contributed by atoms with Crippen molar-refractivity contribution in [3.05, 3.63) is 94.4 Å². The zero-order valence-corrected chi connectivity index (χ0v) is 20.1. The van der Waals surface area contributed by atoms with Crippen molar-refractivity contribution in [3.8, 4) is 11.5 Å². The zero-order chi connectivity index (χ0) is 24.8. The minimum absolute atomic E-state index is 0.265. The fourth-order valence-corrected chi connectivity index (χ4v) is 4.27. The van der Waals surface area contributed by atoms with Gasteiger partial charge in [-0.1, -0.05) is 42.0 Å². The van der Waals surface area contributed by atoms with Gasteiger partial charge in [-0.3, -0.25) is 19.3 Å². The van der Waals surface area contributed by atoms with Gasteiger partial charge in [0, 0.05) is 5.69 Å². The number of rotatable bonds is 8. The van der Waals surface area contributed by atoms with E-state index in [1.807, 2.05) is 49.4 Å². The molecule has 1 fully saturated rings. The third-order valence-electron chi connectivity index (χ3n) is 5.21. The van der Waals surface area contributed by atoms with Crippen molar-refractivity contribution in [2.45, 2.75) is 13.5 Å². The van der Waals surface area contributed by atoms with Gasteiger partial charge in [0.05, 0.1) is 12.0 Å². The van der Waals surface area contributed by atoms with Gasteiger partial charge in [-0.15, -0.1) is 0 Å². The second-order valence-electron chi connectivity index (χ2n) is 7.89. The highest BCUT2D eigenvalue weighted by atomic mass is 32.2. The molecule has 0 aliphatic carbocycles. The van der Waals surface area contributed by atoms with Gasteiger partial charge in [-0.05, 0) is 72.3 Å². The molecule has 7 nitrogen and oxygen atoms in total. The van der Waals surface area contributed by atoms with Gasteiger partial charge in [0.25, 0.3) is 11.1 Å². The number of anilines is 1. The Bertz CT molecular complexity index is 1270. The molecule has 1 heterocycles. The van der Waals surface area contributed by atoms with Crippen molar-refractivity contribution in [1.29, 1.82) is 0 Å². The summed E-state index contributed by atoms with van der Waals surface area (Å²) in [6.45, 7) is 2.13. The van der Waals surface area contributed by atoms with Gasteiger partial charge in [-0.2, -0.15) is 0 Å². The molecular weight excluding hydrogens is 464 g/mol. The van der Waals surface area contributed by atoms with Crippen LogP contribution in [0, 0.1) is 6.92 Å². The Hall–Kier alpha value is -4.04. The molecule has 0 spiro atoms. The number of carbonyl (C=O) groups is 3. The molecule has 0 unspecified atom stereocenters. The number of nitrogens with zero attached hydrogens (tertiary/aromatic N) is 1. The van der Waals surface area contributed by atoms with Crippen LogP contribution in [-0.4, -0.2) is 35.6 Å². The number of hydrogen-bond donors (Lipinski definition) is 1. The van der Waals surface area contributed by atoms with Crippen LogP contribution in [-0.2, 0) is 16.2 Å². The Balaban J connectivity index is 1.34. The molecule has 3 amide bonds. The molecule has 1 saturated heterocycles. The number of carbonyl (C=O) groups excluding carboxylic acids is 3. The first-order chi connectivity index (χ1) is 16.9. The van der Waals surface area contributed by atoms with Crippen LogP contribution in [0.4, 0.5) is 10.5 Å². The quantitative estimate of drug-likeness (QED) is 0.436. The van der Waals surface area contributed by atoms with E-state index in [1.165, 1.54) is 5.56 Å². The van der Waals surface area contributed by atoms with E-state index in [0.29, 0.717) is 23.8 Å². The topological polar surface area (TPSA) is 84.9 Å². The number of thioether (sulfide) groups is 1. The smallest absolute Gasteiger partial charge is 0.294 e.